The van der Waals surface area contributed by atoms with Gasteiger partial charge in [-0.15, -0.1) is 0 Å². The molecule has 0 heterocycles. The summed E-state index contributed by atoms with van der Waals surface area (Å²) in [5, 5.41) is 0.732. The van der Waals surface area contributed by atoms with Crippen LogP contribution in [-0.2, 0) is 4.74 Å². The zero-order valence-corrected chi connectivity index (χ0v) is 11.2. The Balaban J connectivity index is 2.38. The van der Waals surface area contributed by atoms with Crippen molar-refractivity contribution in [1.29, 1.82) is 0 Å². The Kier molecular flexibility index (Phi) is 7.25. The molecule has 0 spiro atoms. The van der Waals surface area contributed by atoms with Crippen molar-refractivity contribution in [3.8, 4) is 0 Å². The minimum atomic E-state index is -0.0321. The van der Waals surface area contributed by atoms with E-state index in [1.807, 2.05) is 24.3 Å². The highest BCUT2D eigenvalue weighted by Crippen LogP contribution is 2.20. The molecule has 1 atom stereocenters. The molecule has 0 aliphatic carbocycles. The number of ether oxygens (including phenoxy) is 1. The quantitative estimate of drug-likeness (QED) is 0.714. The van der Waals surface area contributed by atoms with Crippen LogP contribution >= 0.6 is 11.6 Å². The first-order chi connectivity index (χ1) is 8.27. The van der Waals surface area contributed by atoms with Crippen molar-refractivity contribution in [2.75, 3.05) is 13.2 Å². The molecule has 1 rings (SSSR count). The second-order valence-corrected chi connectivity index (χ2v) is 4.65. The number of hydrogen-bond acceptors (Lipinski definition) is 2. The highest BCUT2D eigenvalue weighted by Gasteiger charge is 2.09. The Morgan fingerprint density at radius 1 is 1.29 bits per heavy atom. The lowest BCUT2D eigenvalue weighted by molar-refractivity contribution is 0.0558. The summed E-state index contributed by atoms with van der Waals surface area (Å²) in [5.74, 6) is 0. The number of benzene rings is 1. The maximum atomic E-state index is 5.95. The van der Waals surface area contributed by atoms with Crippen LogP contribution in [0.2, 0.25) is 5.02 Å². The van der Waals surface area contributed by atoms with Crippen molar-refractivity contribution >= 4 is 11.6 Å². The molecule has 0 saturated carbocycles. The Morgan fingerprint density at radius 2 is 2.12 bits per heavy atom. The molecule has 17 heavy (non-hydrogen) atoms. The summed E-state index contributed by atoms with van der Waals surface area (Å²) >= 11 is 5.95. The van der Waals surface area contributed by atoms with Crippen molar-refractivity contribution in [2.45, 2.75) is 38.7 Å². The topological polar surface area (TPSA) is 35.2 Å². The van der Waals surface area contributed by atoms with Crippen LogP contribution in [0.25, 0.3) is 0 Å². The summed E-state index contributed by atoms with van der Waals surface area (Å²) in [6, 6.07) is 7.72. The second-order valence-electron chi connectivity index (χ2n) is 4.21. The van der Waals surface area contributed by atoms with Gasteiger partial charge in [0.2, 0.25) is 0 Å². The van der Waals surface area contributed by atoms with Crippen LogP contribution in [0.5, 0.6) is 0 Å². The summed E-state index contributed by atoms with van der Waals surface area (Å²) in [6.45, 7) is 3.47. The number of halogens is 1. The van der Waals surface area contributed by atoms with Gasteiger partial charge in [0, 0.05) is 18.2 Å². The smallest absolute Gasteiger partial charge is 0.0947 e. The van der Waals surface area contributed by atoms with Crippen molar-refractivity contribution in [3.05, 3.63) is 34.9 Å². The van der Waals surface area contributed by atoms with Crippen molar-refractivity contribution in [1.82, 2.24) is 0 Å². The molecule has 0 amide bonds. The Hall–Kier alpha value is -0.570. The lowest BCUT2D eigenvalue weighted by atomic mass is 10.1. The third-order valence-corrected chi connectivity index (χ3v) is 2.99. The Labute approximate surface area is 109 Å². The van der Waals surface area contributed by atoms with Gasteiger partial charge in [0.15, 0.2) is 0 Å². The first-order valence-electron chi connectivity index (χ1n) is 6.35. The van der Waals surface area contributed by atoms with Crippen LogP contribution in [-0.4, -0.2) is 13.2 Å². The molecule has 1 aromatic carbocycles. The molecule has 1 aromatic rings. The molecule has 0 saturated heterocycles. The van der Waals surface area contributed by atoms with Crippen LogP contribution < -0.4 is 5.73 Å². The van der Waals surface area contributed by atoms with E-state index in [-0.39, 0.29) is 6.10 Å². The van der Waals surface area contributed by atoms with Gasteiger partial charge in [0.1, 0.15) is 0 Å². The molecule has 0 fully saturated rings. The maximum Gasteiger partial charge on any atom is 0.0947 e. The number of hydrogen-bond donors (Lipinski definition) is 1. The highest BCUT2D eigenvalue weighted by molar-refractivity contribution is 6.30. The van der Waals surface area contributed by atoms with Crippen LogP contribution in [0.4, 0.5) is 0 Å². The summed E-state index contributed by atoms with van der Waals surface area (Å²) in [5.41, 5.74) is 6.79. The van der Waals surface area contributed by atoms with Gasteiger partial charge in [0.05, 0.1) is 6.10 Å². The van der Waals surface area contributed by atoms with E-state index in [0.717, 1.165) is 23.6 Å². The fourth-order valence-corrected chi connectivity index (χ4v) is 1.96. The molecule has 0 aliphatic rings. The molecule has 0 bridgehead atoms. The van der Waals surface area contributed by atoms with Gasteiger partial charge in [-0.3, -0.25) is 0 Å². The largest absolute Gasteiger partial charge is 0.372 e. The second kappa shape index (κ2) is 8.51. The standard InChI is InChI=1S/C14H22ClNO/c1-2-3-4-5-9-17-14(11-16)12-7-6-8-13(15)10-12/h6-8,10,14H,2-5,9,11,16H2,1H3. The van der Waals surface area contributed by atoms with Gasteiger partial charge in [0.25, 0.3) is 0 Å². The van der Waals surface area contributed by atoms with Gasteiger partial charge in [-0.05, 0) is 24.1 Å². The predicted molar refractivity (Wildman–Crippen MR) is 73.3 cm³/mol. The summed E-state index contributed by atoms with van der Waals surface area (Å²) < 4.78 is 5.80. The molecule has 0 aliphatic heterocycles. The molecule has 3 heteroatoms. The zero-order chi connectivity index (χ0) is 12.5. The molecular weight excluding hydrogens is 234 g/mol. The van der Waals surface area contributed by atoms with Crippen molar-refractivity contribution in [2.24, 2.45) is 5.73 Å². The van der Waals surface area contributed by atoms with Gasteiger partial charge in [-0.25, -0.2) is 0 Å². The van der Waals surface area contributed by atoms with Crippen LogP contribution in [0, 0.1) is 0 Å². The number of nitrogens with two attached hydrogens (primary N) is 1. The molecule has 0 radical (unpaired) electrons. The first-order valence-corrected chi connectivity index (χ1v) is 6.72. The van der Waals surface area contributed by atoms with E-state index in [9.17, 15) is 0 Å². The monoisotopic (exact) mass is 255 g/mol. The van der Waals surface area contributed by atoms with E-state index in [2.05, 4.69) is 6.92 Å². The average molecular weight is 256 g/mol. The average Bonchev–Trinajstić information content (AvgIpc) is 2.34. The van der Waals surface area contributed by atoms with Gasteiger partial charge >= 0.3 is 0 Å². The third-order valence-electron chi connectivity index (χ3n) is 2.75. The highest BCUT2D eigenvalue weighted by atomic mass is 35.5. The van der Waals surface area contributed by atoms with E-state index >= 15 is 0 Å². The SMILES string of the molecule is CCCCCCOC(CN)c1cccc(Cl)c1. The number of rotatable bonds is 8. The molecule has 2 N–H and O–H groups in total. The van der Waals surface area contributed by atoms with Crippen LogP contribution in [0.15, 0.2) is 24.3 Å². The number of unbranched alkanes of at least 4 members (excludes halogenated alkanes) is 3. The van der Waals surface area contributed by atoms with E-state index in [4.69, 9.17) is 22.1 Å². The molecule has 1 unspecified atom stereocenters. The van der Waals surface area contributed by atoms with Crippen molar-refractivity contribution in [3.63, 3.8) is 0 Å². The Bertz CT molecular complexity index is 317. The van der Waals surface area contributed by atoms with Crippen molar-refractivity contribution < 1.29 is 4.74 Å². The minimum Gasteiger partial charge on any atom is -0.372 e. The molecular formula is C14H22ClNO. The maximum absolute atomic E-state index is 5.95. The van der Waals surface area contributed by atoms with E-state index < -0.39 is 0 Å². The third kappa shape index (κ3) is 5.53. The first kappa shape index (κ1) is 14.5. The molecule has 0 aromatic heterocycles. The molecule has 96 valence electrons. The summed E-state index contributed by atoms with van der Waals surface area (Å²) in [4.78, 5) is 0. The van der Waals surface area contributed by atoms with Crippen LogP contribution in [0.1, 0.15) is 44.3 Å². The Morgan fingerprint density at radius 3 is 2.76 bits per heavy atom. The fourth-order valence-electron chi connectivity index (χ4n) is 1.76. The van der Waals surface area contributed by atoms with Gasteiger partial charge < -0.3 is 10.5 Å². The van der Waals surface area contributed by atoms with Gasteiger partial charge in [-0.1, -0.05) is 49.9 Å². The summed E-state index contributed by atoms with van der Waals surface area (Å²) in [6.07, 6.45) is 4.81. The molecule has 2 nitrogen and oxygen atoms in total. The van der Waals surface area contributed by atoms with Crippen LogP contribution in [0.3, 0.4) is 0 Å². The van der Waals surface area contributed by atoms with E-state index in [0.29, 0.717) is 6.54 Å². The summed E-state index contributed by atoms with van der Waals surface area (Å²) in [7, 11) is 0. The fraction of sp³-hybridized carbons (Fsp3) is 0.571. The van der Waals surface area contributed by atoms with E-state index in [1.54, 1.807) is 0 Å². The van der Waals surface area contributed by atoms with E-state index in [1.165, 1.54) is 19.3 Å². The normalized spacial score (nSPS) is 12.6. The predicted octanol–water partition coefficient (Wildman–Crippen LogP) is 3.94. The lowest BCUT2D eigenvalue weighted by Gasteiger charge is -2.16. The lowest BCUT2D eigenvalue weighted by Crippen LogP contribution is -2.16. The minimum absolute atomic E-state index is 0.0321. The zero-order valence-electron chi connectivity index (χ0n) is 10.5. The van der Waals surface area contributed by atoms with Gasteiger partial charge in [-0.2, -0.15) is 0 Å².